The van der Waals surface area contributed by atoms with E-state index in [1.54, 1.807) is 0 Å². The Labute approximate surface area is 583 Å². The molecule has 0 heterocycles. The van der Waals surface area contributed by atoms with E-state index >= 15 is 0 Å². The lowest BCUT2D eigenvalue weighted by molar-refractivity contribution is -0.161. The SMILES string of the molecule is CC/C=C\C/C=C\C/C=C\CCCCCCCC(=O)OCC(COP(=O)(O)OCC(O)COP(=O)(O)OCC(COC(=O)CCCCCCCCCCCCCCCCC)OC(=O)CCCCCCC/C=C\CCCC)OC(=O)CCCCCCC/C=C\C/C=C\CCCCC. The van der Waals surface area contributed by atoms with Crippen molar-refractivity contribution in [3.8, 4) is 0 Å². The first-order valence-corrected chi connectivity index (χ1v) is 41.2. The van der Waals surface area contributed by atoms with Crippen LogP contribution in [0.3, 0.4) is 0 Å². The van der Waals surface area contributed by atoms with Gasteiger partial charge in [-0.3, -0.25) is 37.3 Å². The number of aliphatic hydroxyl groups excluding tert-OH is 1. The largest absolute Gasteiger partial charge is 0.472 e. The third kappa shape index (κ3) is 69.0. The summed E-state index contributed by atoms with van der Waals surface area (Å²) in [6.45, 7) is 4.69. The smallest absolute Gasteiger partial charge is 0.462 e. The Kier molecular flexibility index (Phi) is 67.4. The van der Waals surface area contributed by atoms with Gasteiger partial charge in [-0.25, -0.2) is 9.13 Å². The van der Waals surface area contributed by atoms with Crippen LogP contribution in [0.1, 0.15) is 336 Å². The molecular formula is C77H138O17P2. The number of phosphoric acid groups is 2. The number of unbranched alkanes of at least 4 members (excludes halogenated alkanes) is 34. The van der Waals surface area contributed by atoms with Crippen LogP contribution in [-0.4, -0.2) is 96.7 Å². The van der Waals surface area contributed by atoms with Gasteiger partial charge < -0.3 is 33.8 Å². The zero-order valence-electron chi connectivity index (χ0n) is 60.8. The molecule has 5 unspecified atom stereocenters. The van der Waals surface area contributed by atoms with E-state index in [2.05, 4.69) is 101 Å². The van der Waals surface area contributed by atoms with Gasteiger partial charge in [-0.2, -0.15) is 0 Å². The molecule has 5 atom stereocenters. The summed E-state index contributed by atoms with van der Waals surface area (Å²) in [6, 6.07) is 0. The average molecular weight is 1400 g/mol. The molecule has 96 heavy (non-hydrogen) atoms. The average Bonchev–Trinajstić information content (AvgIpc) is 1.09. The Morgan fingerprint density at radius 1 is 0.302 bits per heavy atom. The van der Waals surface area contributed by atoms with Crippen LogP contribution in [0, 0.1) is 0 Å². The highest BCUT2D eigenvalue weighted by Gasteiger charge is 2.30. The van der Waals surface area contributed by atoms with Gasteiger partial charge in [0.25, 0.3) is 0 Å². The first-order chi connectivity index (χ1) is 46.7. The molecule has 19 heteroatoms. The summed E-state index contributed by atoms with van der Waals surface area (Å²) in [6.07, 6.45) is 68.9. The van der Waals surface area contributed by atoms with E-state index in [1.807, 2.05) is 0 Å². The summed E-state index contributed by atoms with van der Waals surface area (Å²) in [7, 11) is -9.94. The van der Waals surface area contributed by atoms with E-state index < -0.39 is 97.5 Å². The van der Waals surface area contributed by atoms with Gasteiger partial charge in [0, 0.05) is 25.7 Å². The summed E-state index contributed by atoms with van der Waals surface area (Å²) in [5, 5.41) is 10.6. The number of hydrogen-bond acceptors (Lipinski definition) is 15. The minimum absolute atomic E-state index is 0.0769. The van der Waals surface area contributed by atoms with Crippen molar-refractivity contribution < 1.29 is 80.2 Å². The second kappa shape index (κ2) is 70.0. The number of carbonyl (C=O) groups is 4. The van der Waals surface area contributed by atoms with Crippen molar-refractivity contribution in [3.05, 3.63) is 72.9 Å². The lowest BCUT2D eigenvalue weighted by Crippen LogP contribution is -2.30. The predicted octanol–water partition coefficient (Wildman–Crippen LogP) is 21.7. The van der Waals surface area contributed by atoms with Crippen molar-refractivity contribution in [2.45, 2.75) is 354 Å². The molecule has 17 nitrogen and oxygen atoms in total. The molecule has 0 amide bonds. The Morgan fingerprint density at radius 3 is 0.896 bits per heavy atom. The third-order valence-corrected chi connectivity index (χ3v) is 18.1. The highest BCUT2D eigenvalue weighted by atomic mass is 31.2. The fourth-order valence-corrected chi connectivity index (χ4v) is 11.9. The molecule has 0 aromatic rings. The molecule has 0 aliphatic rings. The van der Waals surface area contributed by atoms with Crippen molar-refractivity contribution in [1.29, 1.82) is 0 Å². The van der Waals surface area contributed by atoms with Crippen LogP contribution in [0.5, 0.6) is 0 Å². The van der Waals surface area contributed by atoms with Crippen molar-refractivity contribution in [1.82, 2.24) is 0 Å². The van der Waals surface area contributed by atoms with Gasteiger partial charge in [-0.05, 0) is 109 Å². The molecule has 0 radical (unpaired) electrons. The van der Waals surface area contributed by atoms with Crippen LogP contribution in [0.25, 0.3) is 0 Å². The van der Waals surface area contributed by atoms with Crippen LogP contribution in [0.2, 0.25) is 0 Å². The second-order valence-electron chi connectivity index (χ2n) is 25.6. The second-order valence-corrected chi connectivity index (χ2v) is 28.5. The van der Waals surface area contributed by atoms with Crippen LogP contribution in [-0.2, 0) is 65.4 Å². The monoisotopic (exact) mass is 1400 g/mol. The summed E-state index contributed by atoms with van der Waals surface area (Å²) in [5.41, 5.74) is 0. The number of esters is 4. The zero-order valence-corrected chi connectivity index (χ0v) is 62.6. The zero-order chi connectivity index (χ0) is 70.4. The van der Waals surface area contributed by atoms with E-state index in [0.717, 1.165) is 154 Å². The van der Waals surface area contributed by atoms with Gasteiger partial charge >= 0.3 is 39.5 Å². The molecule has 0 bridgehead atoms. The number of hydrogen-bond donors (Lipinski definition) is 3. The van der Waals surface area contributed by atoms with Crippen molar-refractivity contribution in [2.24, 2.45) is 0 Å². The van der Waals surface area contributed by atoms with Crippen LogP contribution >= 0.6 is 15.6 Å². The minimum Gasteiger partial charge on any atom is -0.462 e. The highest BCUT2D eigenvalue weighted by molar-refractivity contribution is 7.47. The normalized spacial score (nSPS) is 14.4. The van der Waals surface area contributed by atoms with Crippen LogP contribution in [0.4, 0.5) is 0 Å². The number of rotatable bonds is 72. The maximum Gasteiger partial charge on any atom is 0.472 e. The standard InChI is InChI=1S/C77H138O17P2/c1-5-9-13-17-21-25-29-32-35-38-42-45-49-53-57-61-74(79)87-67-72(93-76(81)63-59-55-51-47-41-28-24-20-16-12-8-4)69-91-95(83,84)89-65-71(78)66-90-96(85,86)92-70-73(94-77(82)64-60-56-52-48-44-40-37-34-31-27-23-19-15-11-7-3)68-88-75(80)62-58-54-50-46-43-39-36-33-30-26-22-18-14-10-6-2/h10,14,20,22-24,26-27,33-34,36-37,71-73,78H,5-9,11-13,15-19,21,25,28-32,35,38-70H2,1-4H3,(H,83,84)(H,85,86)/b14-10-,24-20-,26-22-,27-23-,36-33-,37-34-. The first-order valence-electron chi connectivity index (χ1n) is 38.2. The van der Waals surface area contributed by atoms with E-state index in [9.17, 15) is 43.2 Å². The highest BCUT2D eigenvalue weighted by Crippen LogP contribution is 2.45. The summed E-state index contributed by atoms with van der Waals surface area (Å²) >= 11 is 0. The van der Waals surface area contributed by atoms with Gasteiger partial charge in [0.05, 0.1) is 26.4 Å². The van der Waals surface area contributed by atoms with E-state index in [-0.39, 0.29) is 25.7 Å². The Bertz CT molecular complexity index is 2110. The topological polar surface area (TPSA) is 237 Å². The third-order valence-electron chi connectivity index (χ3n) is 16.2. The predicted molar refractivity (Wildman–Crippen MR) is 390 cm³/mol. The van der Waals surface area contributed by atoms with Gasteiger partial charge in [0.1, 0.15) is 19.3 Å². The maximum atomic E-state index is 13.1. The molecule has 0 saturated heterocycles. The number of ether oxygens (including phenoxy) is 4. The molecule has 0 saturated carbocycles. The minimum atomic E-state index is -4.98. The quantitative estimate of drug-likeness (QED) is 0.0169. The van der Waals surface area contributed by atoms with Gasteiger partial charge in [0.2, 0.25) is 0 Å². The van der Waals surface area contributed by atoms with Crippen LogP contribution in [0.15, 0.2) is 72.9 Å². The van der Waals surface area contributed by atoms with Crippen molar-refractivity contribution >= 4 is 39.5 Å². The van der Waals surface area contributed by atoms with E-state index in [1.165, 1.54) is 103 Å². The fourth-order valence-electron chi connectivity index (χ4n) is 10.3. The lowest BCUT2D eigenvalue weighted by Gasteiger charge is -2.21. The number of phosphoric ester groups is 2. The Balaban J connectivity index is 5.32. The maximum absolute atomic E-state index is 13.1. The molecule has 0 aromatic carbocycles. The molecule has 0 spiro atoms. The molecule has 0 aliphatic carbocycles. The number of carbonyl (C=O) groups excluding carboxylic acids is 4. The molecular weight excluding hydrogens is 1260 g/mol. The molecule has 0 fully saturated rings. The fraction of sp³-hybridized carbons (Fsp3) is 0.792. The first kappa shape index (κ1) is 92.5. The number of aliphatic hydroxyl groups is 1. The lowest BCUT2D eigenvalue weighted by atomic mass is 10.0. The summed E-state index contributed by atoms with van der Waals surface area (Å²) < 4.78 is 68.4. The van der Waals surface area contributed by atoms with Gasteiger partial charge in [0.15, 0.2) is 12.2 Å². The Morgan fingerprint density at radius 2 is 0.552 bits per heavy atom. The molecule has 0 rings (SSSR count). The molecule has 0 aliphatic heterocycles. The van der Waals surface area contributed by atoms with Crippen LogP contribution < -0.4 is 0 Å². The van der Waals surface area contributed by atoms with Gasteiger partial charge in [-0.1, -0.05) is 274 Å². The Hall–Kier alpha value is -3.50. The van der Waals surface area contributed by atoms with Crippen molar-refractivity contribution in [3.63, 3.8) is 0 Å². The molecule has 3 N–H and O–H groups in total. The summed E-state index contributed by atoms with van der Waals surface area (Å²) in [4.78, 5) is 72.8. The van der Waals surface area contributed by atoms with E-state index in [0.29, 0.717) is 25.7 Å². The molecule has 558 valence electrons. The number of allylic oxidation sites excluding steroid dienone is 12. The van der Waals surface area contributed by atoms with Gasteiger partial charge in [-0.15, -0.1) is 0 Å². The summed E-state index contributed by atoms with van der Waals surface area (Å²) in [5.74, 6) is -2.20. The molecule has 0 aromatic heterocycles. The van der Waals surface area contributed by atoms with Crippen molar-refractivity contribution in [2.75, 3.05) is 39.6 Å². The van der Waals surface area contributed by atoms with E-state index in [4.69, 9.17) is 37.0 Å².